The second kappa shape index (κ2) is 6.03. The first-order valence-electron chi connectivity index (χ1n) is 5.19. The van der Waals surface area contributed by atoms with Crippen LogP contribution in [0.5, 0.6) is 0 Å². The van der Waals surface area contributed by atoms with Crippen molar-refractivity contribution in [1.29, 1.82) is 5.26 Å². The van der Waals surface area contributed by atoms with Crippen molar-refractivity contribution in [2.45, 2.75) is 13.8 Å². The van der Waals surface area contributed by atoms with E-state index in [0.29, 0.717) is 0 Å². The molecule has 1 aromatic rings. The summed E-state index contributed by atoms with van der Waals surface area (Å²) in [7, 11) is 0. The van der Waals surface area contributed by atoms with Crippen LogP contribution in [0.2, 0.25) is 5.02 Å². The van der Waals surface area contributed by atoms with E-state index in [1.165, 1.54) is 32.0 Å². The summed E-state index contributed by atoms with van der Waals surface area (Å²) < 4.78 is 4.78. The van der Waals surface area contributed by atoms with Gasteiger partial charge in [0.2, 0.25) is 0 Å². The van der Waals surface area contributed by atoms with E-state index in [-0.39, 0.29) is 27.5 Å². The lowest BCUT2D eigenvalue weighted by molar-refractivity contribution is -0.136. The molecule has 1 N–H and O–H groups in total. The molecule has 0 unspecified atom stereocenters. The van der Waals surface area contributed by atoms with Crippen molar-refractivity contribution in [1.82, 2.24) is 0 Å². The number of allylic oxidation sites excluding steroid dienone is 1. The minimum Gasteiger partial charge on any atom is -0.478 e. The molecule has 0 atom stereocenters. The Morgan fingerprint density at radius 2 is 2.00 bits per heavy atom. The van der Waals surface area contributed by atoms with Gasteiger partial charge in [0.1, 0.15) is 17.4 Å². The second-order valence-electron chi connectivity index (χ2n) is 3.64. The zero-order valence-corrected chi connectivity index (χ0v) is 11.0. The van der Waals surface area contributed by atoms with Crippen LogP contribution in [0.15, 0.2) is 24.0 Å². The summed E-state index contributed by atoms with van der Waals surface area (Å²) >= 11 is 5.84. The van der Waals surface area contributed by atoms with Crippen LogP contribution in [-0.2, 0) is 14.3 Å². The molecule has 0 spiro atoms. The smallest absolute Gasteiger partial charge is 0.339 e. The number of carbonyl (C=O) groups excluding carboxylic acids is 1. The van der Waals surface area contributed by atoms with Crippen LogP contribution in [0.4, 0.5) is 0 Å². The number of ether oxygens (including phenoxy) is 1. The number of hydrogen-bond donors (Lipinski definition) is 1. The average molecular weight is 280 g/mol. The number of halogens is 1. The lowest BCUT2D eigenvalue weighted by atomic mass is 10.0. The number of nitriles is 1. The lowest BCUT2D eigenvalue weighted by Crippen LogP contribution is -2.07. The number of esters is 1. The molecule has 0 aliphatic rings. The van der Waals surface area contributed by atoms with Crippen LogP contribution in [0.1, 0.15) is 25.0 Å². The predicted octanol–water partition coefficient (Wildman–Crippen LogP) is 2.59. The Hall–Kier alpha value is -2.32. The summed E-state index contributed by atoms with van der Waals surface area (Å²) in [6.45, 7) is 2.55. The Kier molecular flexibility index (Phi) is 4.67. The summed E-state index contributed by atoms with van der Waals surface area (Å²) in [6.07, 6.45) is 0. The van der Waals surface area contributed by atoms with Crippen LogP contribution in [0, 0.1) is 11.3 Å². The topological polar surface area (TPSA) is 87.4 Å². The number of hydrogen-bond acceptors (Lipinski definition) is 4. The molecule has 0 fully saturated rings. The van der Waals surface area contributed by atoms with Gasteiger partial charge in [-0.3, -0.25) is 4.79 Å². The van der Waals surface area contributed by atoms with Crippen molar-refractivity contribution < 1.29 is 19.4 Å². The summed E-state index contributed by atoms with van der Waals surface area (Å²) in [6, 6.07) is 6.05. The number of aliphatic carboxylic acids is 1. The second-order valence-corrected chi connectivity index (χ2v) is 4.04. The fraction of sp³-hybridized carbons (Fsp3) is 0.154. The van der Waals surface area contributed by atoms with E-state index < -0.39 is 11.9 Å². The van der Waals surface area contributed by atoms with E-state index in [9.17, 15) is 14.7 Å². The van der Waals surface area contributed by atoms with Gasteiger partial charge in [0.25, 0.3) is 0 Å². The quantitative estimate of drug-likeness (QED) is 0.522. The molecule has 0 saturated heterocycles. The van der Waals surface area contributed by atoms with E-state index >= 15 is 0 Å². The van der Waals surface area contributed by atoms with Gasteiger partial charge in [-0.25, -0.2) is 4.79 Å². The standard InChI is InChI=1S/C13H10ClNO4/c1-7(19-8(2)16)12(13(17)18)9-3-4-10(6-15)11(14)5-9/h3-5H,1-2H3,(H,17,18)/b12-7+. The molecule has 0 aromatic heterocycles. The highest BCUT2D eigenvalue weighted by Gasteiger charge is 2.17. The van der Waals surface area contributed by atoms with Gasteiger partial charge in [-0.2, -0.15) is 5.26 Å². The first kappa shape index (κ1) is 14.7. The Bertz CT molecular complexity index is 614. The van der Waals surface area contributed by atoms with Crippen molar-refractivity contribution in [2.75, 3.05) is 0 Å². The zero-order valence-electron chi connectivity index (χ0n) is 10.2. The van der Waals surface area contributed by atoms with Crippen molar-refractivity contribution in [3.8, 4) is 6.07 Å². The summed E-state index contributed by atoms with van der Waals surface area (Å²) in [5.41, 5.74) is 0.317. The normalized spacial score (nSPS) is 11.3. The molecular weight excluding hydrogens is 270 g/mol. The van der Waals surface area contributed by atoms with Crippen LogP contribution in [0.3, 0.4) is 0 Å². The number of nitrogens with zero attached hydrogens (tertiary/aromatic N) is 1. The van der Waals surface area contributed by atoms with Gasteiger partial charge in [-0.1, -0.05) is 17.7 Å². The minimum absolute atomic E-state index is 0.0409. The number of rotatable bonds is 3. The van der Waals surface area contributed by atoms with E-state index in [0.717, 1.165) is 0 Å². The maximum atomic E-state index is 11.2. The summed E-state index contributed by atoms with van der Waals surface area (Å²) in [5, 5.41) is 18.1. The van der Waals surface area contributed by atoms with Gasteiger partial charge in [-0.15, -0.1) is 0 Å². The molecule has 0 aliphatic carbocycles. The van der Waals surface area contributed by atoms with E-state index in [1.54, 1.807) is 0 Å². The molecular formula is C13H10ClNO4. The van der Waals surface area contributed by atoms with E-state index in [4.69, 9.17) is 21.6 Å². The highest BCUT2D eigenvalue weighted by atomic mass is 35.5. The Morgan fingerprint density at radius 3 is 2.42 bits per heavy atom. The monoisotopic (exact) mass is 279 g/mol. The summed E-state index contributed by atoms with van der Waals surface area (Å²) in [4.78, 5) is 22.1. The van der Waals surface area contributed by atoms with Gasteiger partial charge < -0.3 is 9.84 Å². The number of carboxylic acids is 1. The minimum atomic E-state index is -1.25. The van der Waals surface area contributed by atoms with Gasteiger partial charge in [-0.05, 0) is 24.6 Å². The molecule has 5 nitrogen and oxygen atoms in total. The fourth-order valence-electron chi connectivity index (χ4n) is 1.51. The van der Waals surface area contributed by atoms with Gasteiger partial charge in [0.15, 0.2) is 0 Å². The van der Waals surface area contributed by atoms with Gasteiger partial charge in [0.05, 0.1) is 10.6 Å². The number of benzene rings is 1. The number of carboxylic acid groups (broad SMARTS) is 1. The van der Waals surface area contributed by atoms with Crippen molar-refractivity contribution in [2.24, 2.45) is 0 Å². The Morgan fingerprint density at radius 1 is 1.37 bits per heavy atom. The maximum absolute atomic E-state index is 11.2. The molecule has 0 amide bonds. The van der Waals surface area contributed by atoms with Crippen LogP contribution in [-0.4, -0.2) is 17.0 Å². The SMILES string of the molecule is CC(=O)O/C(C)=C(/C(=O)O)c1ccc(C#N)c(Cl)c1. The third-order valence-electron chi connectivity index (χ3n) is 2.24. The van der Waals surface area contributed by atoms with Crippen molar-refractivity contribution in [3.05, 3.63) is 40.1 Å². The zero-order chi connectivity index (χ0) is 14.6. The molecule has 6 heteroatoms. The van der Waals surface area contributed by atoms with E-state index in [1.807, 2.05) is 6.07 Å². The predicted molar refractivity (Wildman–Crippen MR) is 68.2 cm³/mol. The van der Waals surface area contributed by atoms with Crippen LogP contribution >= 0.6 is 11.6 Å². The average Bonchev–Trinajstić information content (AvgIpc) is 2.27. The largest absolute Gasteiger partial charge is 0.478 e. The highest BCUT2D eigenvalue weighted by molar-refractivity contribution is 6.32. The molecule has 0 saturated carbocycles. The molecule has 1 rings (SSSR count). The molecule has 0 radical (unpaired) electrons. The number of carbonyl (C=O) groups is 2. The Balaban J connectivity index is 3.37. The Labute approximate surface area is 114 Å². The lowest BCUT2D eigenvalue weighted by Gasteiger charge is -2.09. The highest BCUT2D eigenvalue weighted by Crippen LogP contribution is 2.25. The molecule has 98 valence electrons. The van der Waals surface area contributed by atoms with Crippen LogP contribution < -0.4 is 0 Å². The summed E-state index contributed by atoms with van der Waals surface area (Å²) in [5.74, 6) is -1.91. The first-order chi connectivity index (χ1) is 8.86. The van der Waals surface area contributed by atoms with Gasteiger partial charge in [0, 0.05) is 6.92 Å². The third-order valence-corrected chi connectivity index (χ3v) is 2.55. The fourth-order valence-corrected chi connectivity index (χ4v) is 1.73. The first-order valence-corrected chi connectivity index (χ1v) is 5.57. The van der Waals surface area contributed by atoms with Crippen molar-refractivity contribution >= 4 is 29.1 Å². The molecule has 0 aliphatic heterocycles. The molecule has 1 aromatic carbocycles. The molecule has 19 heavy (non-hydrogen) atoms. The van der Waals surface area contributed by atoms with Crippen molar-refractivity contribution in [3.63, 3.8) is 0 Å². The van der Waals surface area contributed by atoms with Crippen LogP contribution in [0.25, 0.3) is 5.57 Å². The van der Waals surface area contributed by atoms with E-state index in [2.05, 4.69) is 0 Å². The maximum Gasteiger partial charge on any atom is 0.339 e. The molecule has 0 heterocycles. The third kappa shape index (κ3) is 3.57. The molecule has 0 bridgehead atoms. The van der Waals surface area contributed by atoms with Gasteiger partial charge >= 0.3 is 11.9 Å².